The van der Waals surface area contributed by atoms with Crippen molar-refractivity contribution in [3.63, 3.8) is 0 Å². The Morgan fingerprint density at radius 2 is 2.26 bits per heavy atom. The van der Waals surface area contributed by atoms with Gasteiger partial charge in [-0.05, 0) is 19.1 Å². The van der Waals surface area contributed by atoms with Crippen molar-refractivity contribution >= 4 is 29.2 Å². The fourth-order valence-electron chi connectivity index (χ4n) is 1.60. The minimum atomic E-state index is -0.961. The standard InChI is InChI=1S/C12H12N2O4S/c1-2-18-12(17)10-8-5-3-4-6-14(8)13-11(10)19-7-9(15)16/h3-6H,2,7H2,1H3,(H,15,16). The summed E-state index contributed by atoms with van der Waals surface area (Å²) < 4.78 is 6.53. The fourth-order valence-corrected chi connectivity index (χ4v) is 2.34. The van der Waals surface area contributed by atoms with Crippen LogP contribution in [-0.2, 0) is 9.53 Å². The minimum Gasteiger partial charge on any atom is -0.481 e. The largest absolute Gasteiger partial charge is 0.481 e. The molecule has 0 amide bonds. The zero-order chi connectivity index (χ0) is 13.8. The molecule has 2 aromatic heterocycles. The predicted octanol–water partition coefficient (Wildman–Crippen LogP) is 1.69. The molecule has 1 N–H and O–H groups in total. The molecule has 0 bridgehead atoms. The van der Waals surface area contributed by atoms with Crippen LogP contribution >= 0.6 is 11.8 Å². The highest BCUT2D eigenvalue weighted by Gasteiger charge is 2.21. The quantitative estimate of drug-likeness (QED) is 0.663. The van der Waals surface area contributed by atoms with Crippen LogP contribution in [0.2, 0.25) is 0 Å². The highest BCUT2D eigenvalue weighted by atomic mass is 32.2. The molecule has 0 radical (unpaired) electrons. The molecule has 0 unspecified atom stereocenters. The third-order valence-electron chi connectivity index (χ3n) is 2.32. The molecule has 6 nitrogen and oxygen atoms in total. The normalized spacial score (nSPS) is 10.6. The van der Waals surface area contributed by atoms with Crippen LogP contribution in [0.3, 0.4) is 0 Å². The monoisotopic (exact) mass is 280 g/mol. The average molecular weight is 280 g/mol. The van der Waals surface area contributed by atoms with Gasteiger partial charge in [0.15, 0.2) is 0 Å². The van der Waals surface area contributed by atoms with Crippen LogP contribution in [0.15, 0.2) is 29.4 Å². The maximum atomic E-state index is 11.9. The summed E-state index contributed by atoms with van der Waals surface area (Å²) in [5, 5.41) is 13.3. The number of ether oxygens (including phenoxy) is 1. The Hall–Kier alpha value is -2.02. The zero-order valence-corrected chi connectivity index (χ0v) is 11.0. The van der Waals surface area contributed by atoms with Crippen molar-refractivity contribution in [2.75, 3.05) is 12.4 Å². The topological polar surface area (TPSA) is 80.9 Å². The van der Waals surface area contributed by atoms with E-state index in [0.29, 0.717) is 16.1 Å². The number of hydrogen-bond acceptors (Lipinski definition) is 5. The second-order valence-corrected chi connectivity index (χ2v) is 4.58. The number of rotatable bonds is 5. The SMILES string of the molecule is CCOC(=O)c1c(SCC(=O)O)nn2ccccc12. The van der Waals surface area contributed by atoms with E-state index >= 15 is 0 Å². The first-order valence-corrected chi connectivity index (χ1v) is 6.61. The first-order valence-electron chi connectivity index (χ1n) is 5.62. The summed E-state index contributed by atoms with van der Waals surface area (Å²) in [6, 6.07) is 5.30. The number of carbonyl (C=O) groups excluding carboxylic acids is 1. The molecular formula is C12H12N2O4S. The molecular weight excluding hydrogens is 268 g/mol. The molecule has 0 aliphatic rings. The van der Waals surface area contributed by atoms with Gasteiger partial charge in [0.05, 0.1) is 17.9 Å². The predicted molar refractivity (Wildman–Crippen MR) is 69.5 cm³/mol. The van der Waals surface area contributed by atoms with E-state index in [2.05, 4.69) is 5.10 Å². The summed E-state index contributed by atoms with van der Waals surface area (Å²) in [6.07, 6.45) is 1.70. The van der Waals surface area contributed by atoms with Gasteiger partial charge < -0.3 is 9.84 Å². The third kappa shape index (κ3) is 2.87. The first-order chi connectivity index (χ1) is 9.13. The molecule has 0 saturated carbocycles. The summed E-state index contributed by atoms with van der Waals surface area (Å²) in [5.74, 6) is -1.61. The molecule has 100 valence electrons. The fraction of sp³-hybridized carbons (Fsp3) is 0.250. The van der Waals surface area contributed by atoms with Crippen LogP contribution in [0, 0.1) is 0 Å². The lowest BCUT2D eigenvalue weighted by Gasteiger charge is -2.01. The molecule has 7 heteroatoms. The van der Waals surface area contributed by atoms with Gasteiger partial charge in [0.2, 0.25) is 0 Å². The molecule has 0 fully saturated rings. The lowest BCUT2D eigenvalue weighted by Crippen LogP contribution is -2.06. The van der Waals surface area contributed by atoms with E-state index in [1.807, 2.05) is 0 Å². The van der Waals surface area contributed by atoms with Crippen molar-refractivity contribution in [1.82, 2.24) is 9.61 Å². The van der Waals surface area contributed by atoms with Crippen LogP contribution in [0.25, 0.3) is 5.52 Å². The van der Waals surface area contributed by atoms with E-state index in [9.17, 15) is 9.59 Å². The maximum absolute atomic E-state index is 11.9. The van der Waals surface area contributed by atoms with E-state index < -0.39 is 11.9 Å². The van der Waals surface area contributed by atoms with Gasteiger partial charge in [0.1, 0.15) is 10.6 Å². The number of aromatic nitrogens is 2. The Morgan fingerprint density at radius 1 is 1.47 bits per heavy atom. The second-order valence-electron chi connectivity index (χ2n) is 3.61. The molecule has 0 aliphatic carbocycles. The van der Waals surface area contributed by atoms with Gasteiger partial charge in [-0.2, -0.15) is 5.10 Å². The second kappa shape index (κ2) is 5.75. The van der Waals surface area contributed by atoms with Crippen LogP contribution in [0.5, 0.6) is 0 Å². The molecule has 0 aromatic carbocycles. The van der Waals surface area contributed by atoms with Crippen molar-refractivity contribution in [3.8, 4) is 0 Å². The molecule has 2 heterocycles. The first kappa shape index (κ1) is 13.4. The van der Waals surface area contributed by atoms with Gasteiger partial charge in [-0.15, -0.1) is 0 Å². The molecule has 2 rings (SSSR count). The minimum absolute atomic E-state index is 0.156. The maximum Gasteiger partial charge on any atom is 0.343 e. The van der Waals surface area contributed by atoms with E-state index in [4.69, 9.17) is 9.84 Å². The van der Waals surface area contributed by atoms with E-state index in [1.165, 1.54) is 4.52 Å². The van der Waals surface area contributed by atoms with E-state index in [-0.39, 0.29) is 12.4 Å². The van der Waals surface area contributed by atoms with Gasteiger partial charge in [-0.25, -0.2) is 9.31 Å². The van der Waals surface area contributed by atoms with E-state index in [0.717, 1.165) is 11.8 Å². The van der Waals surface area contributed by atoms with Crippen molar-refractivity contribution in [3.05, 3.63) is 30.0 Å². The van der Waals surface area contributed by atoms with Crippen molar-refractivity contribution in [2.45, 2.75) is 11.9 Å². The summed E-state index contributed by atoms with van der Waals surface area (Å²) in [5.41, 5.74) is 0.919. The van der Waals surface area contributed by atoms with Crippen molar-refractivity contribution in [1.29, 1.82) is 0 Å². The van der Waals surface area contributed by atoms with Gasteiger partial charge in [-0.3, -0.25) is 4.79 Å². The number of thioether (sulfide) groups is 1. The number of esters is 1. The molecule has 0 saturated heterocycles. The average Bonchev–Trinajstić information content (AvgIpc) is 2.74. The van der Waals surface area contributed by atoms with Gasteiger partial charge in [0, 0.05) is 6.20 Å². The van der Waals surface area contributed by atoms with Gasteiger partial charge >= 0.3 is 11.9 Å². The summed E-state index contributed by atoms with van der Waals surface area (Å²) >= 11 is 1.00. The third-order valence-corrected chi connectivity index (χ3v) is 3.27. The lowest BCUT2D eigenvalue weighted by atomic mass is 10.2. The summed E-state index contributed by atoms with van der Waals surface area (Å²) in [4.78, 5) is 22.6. The van der Waals surface area contributed by atoms with Crippen LogP contribution in [-0.4, -0.2) is 39.0 Å². The number of carboxylic acid groups (broad SMARTS) is 1. The van der Waals surface area contributed by atoms with Crippen LogP contribution in [0.1, 0.15) is 17.3 Å². The molecule has 2 aromatic rings. The summed E-state index contributed by atoms with van der Waals surface area (Å²) in [7, 11) is 0. The Labute approximate surface area is 113 Å². The van der Waals surface area contributed by atoms with Gasteiger partial charge in [-0.1, -0.05) is 17.8 Å². The number of fused-ring (bicyclic) bond motifs is 1. The number of nitrogens with zero attached hydrogens (tertiary/aromatic N) is 2. The smallest absolute Gasteiger partial charge is 0.343 e. The van der Waals surface area contributed by atoms with Crippen LogP contribution < -0.4 is 0 Å². The Bertz CT molecular complexity index is 623. The molecule has 19 heavy (non-hydrogen) atoms. The lowest BCUT2D eigenvalue weighted by molar-refractivity contribution is -0.133. The molecule has 0 spiro atoms. The number of carboxylic acids is 1. The highest BCUT2D eigenvalue weighted by molar-refractivity contribution is 8.00. The zero-order valence-electron chi connectivity index (χ0n) is 10.2. The highest BCUT2D eigenvalue weighted by Crippen LogP contribution is 2.26. The Morgan fingerprint density at radius 3 is 2.95 bits per heavy atom. The van der Waals surface area contributed by atoms with Gasteiger partial charge in [0.25, 0.3) is 0 Å². The van der Waals surface area contributed by atoms with E-state index in [1.54, 1.807) is 31.3 Å². The number of carbonyl (C=O) groups is 2. The summed E-state index contributed by atoms with van der Waals surface area (Å²) in [6.45, 7) is 1.97. The Balaban J connectivity index is 2.45. The molecule has 0 atom stereocenters. The molecule has 0 aliphatic heterocycles. The number of aliphatic carboxylic acids is 1. The number of hydrogen-bond donors (Lipinski definition) is 1. The number of pyridine rings is 1. The van der Waals surface area contributed by atoms with Crippen LogP contribution in [0.4, 0.5) is 0 Å². The Kier molecular flexibility index (Phi) is 4.06. The van der Waals surface area contributed by atoms with Crippen molar-refractivity contribution in [2.24, 2.45) is 0 Å². The van der Waals surface area contributed by atoms with Crippen molar-refractivity contribution < 1.29 is 19.4 Å².